The van der Waals surface area contributed by atoms with Gasteiger partial charge in [-0.2, -0.15) is 0 Å². The number of benzene rings is 1. The number of nitrogens with one attached hydrogen (secondary N) is 1. The van der Waals surface area contributed by atoms with Crippen molar-refractivity contribution in [3.05, 3.63) is 35.9 Å². The Bertz CT molecular complexity index is 461. The Balaban J connectivity index is 1.80. The lowest BCUT2D eigenvalue weighted by Crippen LogP contribution is -2.31. The number of nitrogens with zero attached hydrogens (tertiary/aromatic N) is 1. The van der Waals surface area contributed by atoms with E-state index in [1.165, 1.54) is 0 Å². The Morgan fingerprint density at radius 3 is 2.85 bits per heavy atom. The van der Waals surface area contributed by atoms with Crippen molar-refractivity contribution in [2.75, 3.05) is 19.7 Å². The van der Waals surface area contributed by atoms with Crippen molar-refractivity contribution in [2.24, 2.45) is 5.92 Å². The number of carbonyl (C=O) groups excluding carboxylic acids is 2. The molecule has 0 aliphatic carbocycles. The first-order valence-electron chi connectivity index (χ1n) is 6.91. The summed E-state index contributed by atoms with van der Waals surface area (Å²) in [5.41, 5.74) is 1.12. The van der Waals surface area contributed by atoms with Crippen LogP contribution in [0.5, 0.6) is 0 Å². The van der Waals surface area contributed by atoms with Gasteiger partial charge in [0.2, 0.25) is 5.91 Å². The van der Waals surface area contributed by atoms with Crippen molar-refractivity contribution >= 4 is 12.0 Å². The van der Waals surface area contributed by atoms with Crippen LogP contribution in [0.3, 0.4) is 0 Å². The molecule has 108 valence electrons. The van der Waals surface area contributed by atoms with Crippen molar-refractivity contribution in [3.63, 3.8) is 0 Å². The first kappa shape index (κ1) is 14.4. The van der Waals surface area contributed by atoms with Gasteiger partial charge in [0.25, 0.3) is 0 Å². The minimum absolute atomic E-state index is 0.143. The zero-order valence-corrected chi connectivity index (χ0v) is 11.7. The van der Waals surface area contributed by atoms with Crippen molar-refractivity contribution in [1.29, 1.82) is 0 Å². The first-order chi connectivity index (χ1) is 9.69. The molecule has 1 fully saturated rings. The third-order valence-electron chi connectivity index (χ3n) is 3.32. The van der Waals surface area contributed by atoms with Crippen LogP contribution >= 0.6 is 0 Å². The van der Waals surface area contributed by atoms with Gasteiger partial charge in [0.05, 0.1) is 6.61 Å². The second-order valence-corrected chi connectivity index (χ2v) is 4.93. The van der Waals surface area contributed by atoms with E-state index in [0.717, 1.165) is 5.56 Å². The lowest BCUT2D eigenvalue weighted by atomic mass is 10.1. The maximum absolute atomic E-state index is 11.9. The summed E-state index contributed by atoms with van der Waals surface area (Å²) in [6, 6.07) is 9.92. The third kappa shape index (κ3) is 3.98. The van der Waals surface area contributed by atoms with Gasteiger partial charge in [0.15, 0.2) is 0 Å². The number of hydrogen-bond donors (Lipinski definition) is 1. The highest BCUT2D eigenvalue weighted by Crippen LogP contribution is 2.19. The molecule has 2 amide bonds. The number of rotatable bonds is 5. The summed E-state index contributed by atoms with van der Waals surface area (Å²) in [5.74, 6) is 0.306. The van der Waals surface area contributed by atoms with Gasteiger partial charge in [-0.15, -0.1) is 0 Å². The first-order valence-corrected chi connectivity index (χ1v) is 6.91. The Labute approximate surface area is 118 Å². The van der Waals surface area contributed by atoms with E-state index in [2.05, 4.69) is 5.32 Å². The maximum atomic E-state index is 11.9. The van der Waals surface area contributed by atoms with Gasteiger partial charge in [0, 0.05) is 32.0 Å². The number of likely N-dealkylation sites (tertiary alicyclic amines) is 1. The van der Waals surface area contributed by atoms with E-state index in [-0.39, 0.29) is 11.8 Å². The summed E-state index contributed by atoms with van der Waals surface area (Å²) in [6.45, 7) is 3.92. The van der Waals surface area contributed by atoms with Gasteiger partial charge in [-0.05, 0) is 12.5 Å². The molecule has 0 spiro atoms. The zero-order chi connectivity index (χ0) is 14.4. The summed E-state index contributed by atoms with van der Waals surface area (Å²) in [7, 11) is 0. The Morgan fingerprint density at radius 1 is 1.40 bits per heavy atom. The number of carbonyl (C=O) groups is 2. The van der Waals surface area contributed by atoms with Crippen LogP contribution in [-0.2, 0) is 16.1 Å². The highest BCUT2D eigenvalue weighted by molar-refractivity contribution is 5.78. The molecule has 1 heterocycles. The average molecular weight is 276 g/mol. The quantitative estimate of drug-likeness (QED) is 0.892. The fourth-order valence-electron chi connectivity index (χ4n) is 2.36. The van der Waals surface area contributed by atoms with E-state index in [4.69, 9.17) is 4.74 Å². The monoisotopic (exact) mass is 276 g/mol. The lowest BCUT2D eigenvalue weighted by molar-refractivity contribution is -0.128. The van der Waals surface area contributed by atoms with E-state index in [9.17, 15) is 9.59 Å². The van der Waals surface area contributed by atoms with Crippen LogP contribution in [0.2, 0.25) is 0 Å². The summed E-state index contributed by atoms with van der Waals surface area (Å²) in [6.07, 6.45) is 0.0700. The van der Waals surface area contributed by atoms with Crippen LogP contribution in [0.25, 0.3) is 0 Å². The van der Waals surface area contributed by atoms with Gasteiger partial charge in [0.1, 0.15) is 0 Å². The van der Waals surface area contributed by atoms with Crippen molar-refractivity contribution in [1.82, 2.24) is 10.2 Å². The second-order valence-electron chi connectivity index (χ2n) is 4.93. The largest absolute Gasteiger partial charge is 0.450 e. The summed E-state index contributed by atoms with van der Waals surface area (Å²) in [4.78, 5) is 25.0. The number of ether oxygens (including phenoxy) is 1. The Hall–Kier alpha value is -2.04. The predicted molar refractivity (Wildman–Crippen MR) is 75.0 cm³/mol. The highest BCUT2D eigenvalue weighted by atomic mass is 16.5. The molecule has 1 aliphatic rings. The number of hydrogen-bond acceptors (Lipinski definition) is 3. The molecule has 20 heavy (non-hydrogen) atoms. The minimum atomic E-state index is -0.415. The van der Waals surface area contributed by atoms with Crippen LogP contribution in [-0.4, -0.2) is 36.6 Å². The molecule has 1 unspecified atom stereocenters. The summed E-state index contributed by atoms with van der Waals surface area (Å²) in [5, 5.41) is 2.69. The molecule has 2 rings (SSSR count). The molecule has 5 heteroatoms. The van der Waals surface area contributed by atoms with Gasteiger partial charge in [-0.1, -0.05) is 30.3 Å². The van der Waals surface area contributed by atoms with Crippen molar-refractivity contribution < 1.29 is 14.3 Å². The smallest absolute Gasteiger partial charge is 0.407 e. The Morgan fingerprint density at radius 2 is 2.15 bits per heavy atom. The van der Waals surface area contributed by atoms with E-state index in [0.29, 0.717) is 32.7 Å². The standard InChI is InChI=1S/C15H20N2O3/c1-2-20-15(19)16-9-13-8-14(18)17(11-13)10-12-6-4-3-5-7-12/h3-7,13H,2,8-11H2,1H3,(H,16,19). The van der Waals surface area contributed by atoms with Gasteiger partial charge < -0.3 is 15.0 Å². The van der Waals surface area contributed by atoms with Crippen LogP contribution in [0.4, 0.5) is 4.79 Å². The van der Waals surface area contributed by atoms with Gasteiger partial charge in [-0.3, -0.25) is 4.79 Å². The number of alkyl carbamates (subject to hydrolysis) is 1. The predicted octanol–water partition coefficient (Wildman–Crippen LogP) is 1.78. The molecule has 1 aliphatic heterocycles. The molecule has 0 saturated carbocycles. The molecule has 0 aromatic heterocycles. The number of amides is 2. The van der Waals surface area contributed by atoms with E-state index in [1.807, 2.05) is 35.2 Å². The fraction of sp³-hybridized carbons (Fsp3) is 0.467. The topological polar surface area (TPSA) is 58.6 Å². The van der Waals surface area contributed by atoms with Crippen LogP contribution in [0, 0.1) is 5.92 Å². The van der Waals surface area contributed by atoms with Crippen LogP contribution in [0.15, 0.2) is 30.3 Å². The van der Waals surface area contributed by atoms with E-state index >= 15 is 0 Å². The fourth-order valence-corrected chi connectivity index (χ4v) is 2.36. The molecular weight excluding hydrogens is 256 g/mol. The van der Waals surface area contributed by atoms with E-state index in [1.54, 1.807) is 6.92 Å². The summed E-state index contributed by atoms with van der Waals surface area (Å²) < 4.78 is 4.80. The zero-order valence-electron chi connectivity index (χ0n) is 11.7. The molecule has 1 saturated heterocycles. The molecule has 5 nitrogen and oxygen atoms in total. The molecule has 1 aromatic carbocycles. The minimum Gasteiger partial charge on any atom is -0.450 e. The normalized spacial score (nSPS) is 18.1. The van der Waals surface area contributed by atoms with Gasteiger partial charge >= 0.3 is 6.09 Å². The highest BCUT2D eigenvalue weighted by Gasteiger charge is 2.29. The Kier molecular flexibility index (Phi) is 4.98. The third-order valence-corrected chi connectivity index (χ3v) is 3.32. The molecular formula is C15H20N2O3. The maximum Gasteiger partial charge on any atom is 0.407 e. The lowest BCUT2D eigenvalue weighted by Gasteiger charge is -2.17. The molecule has 0 radical (unpaired) electrons. The molecule has 0 bridgehead atoms. The van der Waals surface area contributed by atoms with E-state index < -0.39 is 6.09 Å². The van der Waals surface area contributed by atoms with Crippen molar-refractivity contribution in [3.8, 4) is 0 Å². The van der Waals surface area contributed by atoms with Crippen LogP contribution in [0.1, 0.15) is 18.9 Å². The van der Waals surface area contributed by atoms with Crippen molar-refractivity contribution in [2.45, 2.75) is 19.9 Å². The van der Waals surface area contributed by atoms with Gasteiger partial charge in [-0.25, -0.2) is 4.79 Å². The molecule has 1 aromatic rings. The summed E-state index contributed by atoms with van der Waals surface area (Å²) >= 11 is 0. The second kappa shape index (κ2) is 6.93. The average Bonchev–Trinajstić information content (AvgIpc) is 2.79. The molecule has 1 N–H and O–H groups in total. The SMILES string of the molecule is CCOC(=O)NCC1CC(=O)N(Cc2ccccc2)C1. The van der Waals surface area contributed by atoms with Crippen LogP contribution < -0.4 is 5.32 Å². The molecule has 1 atom stereocenters.